The number of guanidine groups is 1. The second-order valence-corrected chi connectivity index (χ2v) is 6.64. The Morgan fingerprint density at radius 1 is 1.19 bits per heavy atom. The molecule has 0 saturated carbocycles. The largest absolute Gasteiger partial charge is 0.359 e. The predicted octanol–water partition coefficient (Wildman–Crippen LogP) is 4.49. The third-order valence-electron chi connectivity index (χ3n) is 4.00. The van der Waals surface area contributed by atoms with Crippen LogP contribution in [-0.2, 0) is 13.0 Å². The van der Waals surface area contributed by atoms with Crippen LogP contribution in [0, 0.1) is 0 Å². The van der Waals surface area contributed by atoms with Gasteiger partial charge in [0.25, 0.3) is 0 Å². The van der Waals surface area contributed by atoms with Crippen molar-refractivity contribution in [3.63, 3.8) is 0 Å². The van der Waals surface area contributed by atoms with Crippen LogP contribution in [0.5, 0.6) is 0 Å². The van der Waals surface area contributed by atoms with E-state index in [1.807, 2.05) is 6.07 Å². The summed E-state index contributed by atoms with van der Waals surface area (Å²) in [6.45, 7) is 9.76. The number of aromatic nitrogens is 1. The minimum Gasteiger partial charge on any atom is -0.359 e. The molecule has 0 spiro atoms. The molecular weight excluding hydrogens is 439 g/mol. The van der Waals surface area contributed by atoms with Gasteiger partial charge in [-0.1, -0.05) is 49.3 Å². The maximum absolute atomic E-state index is 5.35. The lowest BCUT2D eigenvalue weighted by molar-refractivity contribution is 0.376. The molecule has 1 heterocycles. The lowest BCUT2D eigenvalue weighted by Crippen LogP contribution is -2.42. The first kappa shape index (κ1) is 22.5. The van der Waals surface area contributed by atoms with Gasteiger partial charge in [0.05, 0.1) is 5.69 Å². The van der Waals surface area contributed by atoms with E-state index in [4.69, 9.17) is 4.52 Å². The fourth-order valence-electron chi connectivity index (χ4n) is 2.49. The Kier molecular flexibility index (Phi) is 10.3. The van der Waals surface area contributed by atoms with E-state index in [-0.39, 0.29) is 24.0 Å². The number of nitrogens with one attached hydrogen (secondary N) is 2. The minimum atomic E-state index is 0. The molecule has 2 rings (SSSR count). The molecule has 0 radical (unpaired) electrons. The predicted molar refractivity (Wildman–Crippen MR) is 118 cm³/mol. The van der Waals surface area contributed by atoms with Crippen LogP contribution in [0.3, 0.4) is 0 Å². The second-order valence-electron chi connectivity index (χ2n) is 6.64. The zero-order valence-electron chi connectivity index (χ0n) is 16.2. The third kappa shape index (κ3) is 7.76. The standard InChI is InChI=1S/C20H30N4O.HI/c1-5-21-20(22-14-18-13-19(15(2)3)24-25-18)23-16(4)11-12-17-9-7-6-8-10-17;/h6-10,13,15-16H,5,11-12,14H2,1-4H3,(H2,21,22,23);1H. The van der Waals surface area contributed by atoms with E-state index in [1.54, 1.807) is 0 Å². The van der Waals surface area contributed by atoms with E-state index in [9.17, 15) is 0 Å². The van der Waals surface area contributed by atoms with Crippen LogP contribution >= 0.6 is 24.0 Å². The highest BCUT2D eigenvalue weighted by Gasteiger charge is 2.09. The summed E-state index contributed by atoms with van der Waals surface area (Å²) in [5.41, 5.74) is 2.33. The molecule has 144 valence electrons. The molecule has 1 aromatic heterocycles. The molecule has 2 N–H and O–H groups in total. The molecule has 1 unspecified atom stereocenters. The number of benzene rings is 1. The fourth-order valence-corrected chi connectivity index (χ4v) is 2.49. The lowest BCUT2D eigenvalue weighted by Gasteiger charge is -2.17. The SMILES string of the molecule is CCNC(=NCc1cc(C(C)C)no1)NC(C)CCc1ccccc1.I. The average Bonchev–Trinajstić information content (AvgIpc) is 3.08. The molecule has 5 nitrogen and oxygen atoms in total. The van der Waals surface area contributed by atoms with Crippen molar-refractivity contribution in [3.8, 4) is 0 Å². The van der Waals surface area contributed by atoms with E-state index in [0.717, 1.165) is 36.8 Å². The molecule has 0 saturated heterocycles. The first-order valence-electron chi connectivity index (χ1n) is 9.12. The molecule has 2 aromatic rings. The van der Waals surface area contributed by atoms with E-state index in [0.29, 0.717) is 18.5 Å². The Labute approximate surface area is 174 Å². The zero-order chi connectivity index (χ0) is 18.1. The van der Waals surface area contributed by atoms with Crippen molar-refractivity contribution in [1.82, 2.24) is 15.8 Å². The highest BCUT2D eigenvalue weighted by Crippen LogP contribution is 2.14. The first-order chi connectivity index (χ1) is 12.1. The van der Waals surface area contributed by atoms with Gasteiger partial charge in [-0.3, -0.25) is 0 Å². The summed E-state index contributed by atoms with van der Waals surface area (Å²) in [5.74, 6) is 1.97. The summed E-state index contributed by atoms with van der Waals surface area (Å²) in [5, 5.41) is 10.8. The van der Waals surface area contributed by atoms with Crippen molar-refractivity contribution in [3.05, 3.63) is 53.4 Å². The Morgan fingerprint density at radius 2 is 1.92 bits per heavy atom. The Morgan fingerprint density at radius 3 is 2.54 bits per heavy atom. The number of hydrogen-bond donors (Lipinski definition) is 2. The van der Waals surface area contributed by atoms with E-state index >= 15 is 0 Å². The first-order valence-corrected chi connectivity index (χ1v) is 9.12. The number of rotatable bonds is 8. The molecule has 0 aliphatic rings. The zero-order valence-corrected chi connectivity index (χ0v) is 18.5. The van der Waals surface area contributed by atoms with Crippen LogP contribution in [0.2, 0.25) is 0 Å². The molecule has 26 heavy (non-hydrogen) atoms. The average molecular weight is 470 g/mol. The van der Waals surface area contributed by atoms with Gasteiger partial charge in [0, 0.05) is 18.7 Å². The van der Waals surface area contributed by atoms with Crippen LogP contribution in [0.15, 0.2) is 45.9 Å². The molecule has 0 amide bonds. The second kappa shape index (κ2) is 11.9. The van der Waals surface area contributed by atoms with Gasteiger partial charge in [0.1, 0.15) is 6.54 Å². The van der Waals surface area contributed by atoms with E-state index in [1.165, 1.54) is 5.56 Å². The molecule has 0 aliphatic heterocycles. The van der Waals surface area contributed by atoms with Crippen molar-refractivity contribution in [2.75, 3.05) is 6.54 Å². The van der Waals surface area contributed by atoms with Crippen molar-refractivity contribution in [2.24, 2.45) is 4.99 Å². The Hall–Kier alpha value is -1.57. The van der Waals surface area contributed by atoms with E-state index < -0.39 is 0 Å². The molecular formula is C20H31IN4O. The van der Waals surface area contributed by atoms with Crippen molar-refractivity contribution < 1.29 is 4.52 Å². The topological polar surface area (TPSA) is 62.5 Å². The third-order valence-corrected chi connectivity index (χ3v) is 4.00. The summed E-state index contributed by atoms with van der Waals surface area (Å²) in [4.78, 5) is 4.61. The Balaban J connectivity index is 0.00000338. The quantitative estimate of drug-likeness (QED) is 0.339. The summed E-state index contributed by atoms with van der Waals surface area (Å²) in [6, 6.07) is 12.9. The molecule has 0 aliphatic carbocycles. The number of hydrogen-bond acceptors (Lipinski definition) is 3. The highest BCUT2D eigenvalue weighted by molar-refractivity contribution is 14.0. The van der Waals surface area contributed by atoms with Gasteiger partial charge in [0.15, 0.2) is 11.7 Å². The van der Waals surface area contributed by atoms with Gasteiger partial charge in [0.2, 0.25) is 0 Å². The summed E-state index contributed by atoms with van der Waals surface area (Å²) < 4.78 is 5.35. The smallest absolute Gasteiger partial charge is 0.191 e. The minimum absolute atomic E-state index is 0. The van der Waals surface area contributed by atoms with Crippen LogP contribution in [0.25, 0.3) is 0 Å². The number of aliphatic imine (C=N–C) groups is 1. The van der Waals surface area contributed by atoms with Crippen molar-refractivity contribution >= 4 is 29.9 Å². The maximum Gasteiger partial charge on any atom is 0.191 e. The molecule has 1 atom stereocenters. The van der Waals surface area contributed by atoms with Crippen LogP contribution < -0.4 is 10.6 Å². The summed E-state index contributed by atoms with van der Waals surface area (Å²) in [7, 11) is 0. The number of nitrogens with zero attached hydrogens (tertiary/aromatic N) is 2. The Bertz CT molecular complexity index is 655. The van der Waals surface area contributed by atoms with Crippen molar-refractivity contribution in [1.29, 1.82) is 0 Å². The molecule has 6 heteroatoms. The maximum atomic E-state index is 5.35. The van der Waals surface area contributed by atoms with Gasteiger partial charge in [-0.2, -0.15) is 0 Å². The van der Waals surface area contributed by atoms with Gasteiger partial charge >= 0.3 is 0 Å². The van der Waals surface area contributed by atoms with Gasteiger partial charge < -0.3 is 15.2 Å². The van der Waals surface area contributed by atoms with Gasteiger partial charge in [-0.05, 0) is 38.2 Å². The van der Waals surface area contributed by atoms with Gasteiger partial charge in [-0.15, -0.1) is 24.0 Å². The van der Waals surface area contributed by atoms with Crippen LogP contribution in [-0.4, -0.2) is 23.7 Å². The van der Waals surface area contributed by atoms with Crippen molar-refractivity contribution in [2.45, 2.75) is 59.0 Å². The molecule has 0 fully saturated rings. The number of aryl methyl sites for hydroxylation is 1. The van der Waals surface area contributed by atoms with E-state index in [2.05, 4.69) is 78.8 Å². The molecule has 1 aromatic carbocycles. The highest BCUT2D eigenvalue weighted by atomic mass is 127. The monoisotopic (exact) mass is 470 g/mol. The van der Waals surface area contributed by atoms with Crippen LogP contribution in [0.1, 0.15) is 57.1 Å². The van der Waals surface area contributed by atoms with Gasteiger partial charge in [-0.25, -0.2) is 4.99 Å². The van der Waals surface area contributed by atoms with Crippen LogP contribution in [0.4, 0.5) is 0 Å². The fraction of sp³-hybridized carbons (Fsp3) is 0.500. The number of halogens is 1. The molecule has 0 bridgehead atoms. The lowest BCUT2D eigenvalue weighted by atomic mass is 10.1. The summed E-state index contributed by atoms with van der Waals surface area (Å²) >= 11 is 0. The normalized spacial score (nSPS) is 12.6. The summed E-state index contributed by atoms with van der Waals surface area (Å²) in [6.07, 6.45) is 2.10.